The van der Waals surface area contributed by atoms with Crippen molar-refractivity contribution in [2.45, 2.75) is 51.6 Å². The Morgan fingerprint density at radius 2 is 1.67 bits per heavy atom. The molecule has 2 aliphatic rings. The molecule has 0 spiro atoms. The summed E-state index contributed by atoms with van der Waals surface area (Å²) in [6.45, 7) is 6.03. The van der Waals surface area contributed by atoms with Crippen LogP contribution in [0.25, 0.3) is 0 Å². The highest BCUT2D eigenvalue weighted by Crippen LogP contribution is 2.25. The van der Waals surface area contributed by atoms with E-state index in [0.29, 0.717) is 12.6 Å². The molecule has 5 nitrogen and oxygen atoms in total. The van der Waals surface area contributed by atoms with Crippen molar-refractivity contribution in [2.24, 2.45) is 5.92 Å². The third-order valence-corrected chi connectivity index (χ3v) is 4.87. The molecule has 1 heterocycles. The number of nitrogens with zero attached hydrogens (tertiary/aromatic N) is 3. The molecule has 0 N–H and O–H groups in total. The van der Waals surface area contributed by atoms with E-state index in [1.165, 1.54) is 12.8 Å². The van der Waals surface area contributed by atoms with E-state index in [1.807, 2.05) is 37.7 Å². The van der Waals surface area contributed by atoms with E-state index < -0.39 is 0 Å². The number of hydrogen-bond donors (Lipinski definition) is 0. The summed E-state index contributed by atoms with van der Waals surface area (Å²) in [5.41, 5.74) is 0. The molecule has 0 aromatic carbocycles. The van der Waals surface area contributed by atoms with E-state index in [2.05, 4.69) is 4.90 Å². The minimum atomic E-state index is 0.0858. The monoisotopic (exact) mass is 295 g/mol. The van der Waals surface area contributed by atoms with Crippen molar-refractivity contribution in [3.8, 4) is 0 Å². The van der Waals surface area contributed by atoms with Gasteiger partial charge in [0.05, 0.1) is 6.54 Å². The highest BCUT2D eigenvalue weighted by atomic mass is 16.2. The first-order chi connectivity index (χ1) is 9.90. The van der Waals surface area contributed by atoms with E-state index in [9.17, 15) is 9.59 Å². The zero-order valence-corrected chi connectivity index (χ0v) is 13.8. The first-order valence-corrected chi connectivity index (χ1v) is 8.14. The average Bonchev–Trinajstić information content (AvgIpc) is 3.30. The van der Waals surface area contributed by atoms with Gasteiger partial charge in [-0.15, -0.1) is 0 Å². The summed E-state index contributed by atoms with van der Waals surface area (Å²) in [4.78, 5) is 30.5. The van der Waals surface area contributed by atoms with Crippen molar-refractivity contribution in [1.82, 2.24) is 14.7 Å². The molecule has 2 rings (SSSR count). The van der Waals surface area contributed by atoms with Gasteiger partial charge >= 0.3 is 0 Å². The first-order valence-electron chi connectivity index (χ1n) is 8.14. The molecule has 0 radical (unpaired) electrons. The molecule has 0 unspecified atom stereocenters. The summed E-state index contributed by atoms with van der Waals surface area (Å²) < 4.78 is 0. The number of hydrogen-bond acceptors (Lipinski definition) is 3. The maximum Gasteiger partial charge on any atom is 0.236 e. The van der Waals surface area contributed by atoms with Crippen molar-refractivity contribution in [1.29, 1.82) is 0 Å². The van der Waals surface area contributed by atoms with E-state index in [-0.39, 0.29) is 23.8 Å². The average molecular weight is 295 g/mol. The Morgan fingerprint density at radius 1 is 1.10 bits per heavy atom. The number of amides is 2. The van der Waals surface area contributed by atoms with Gasteiger partial charge in [-0.1, -0.05) is 0 Å². The lowest BCUT2D eigenvalue weighted by molar-refractivity contribution is -0.141. The molecule has 0 bridgehead atoms. The van der Waals surface area contributed by atoms with E-state index >= 15 is 0 Å². The standard InChI is InChI=1S/C16H29N3O2/c1-12(2)18(4)16(21)13-7-9-19(10-8-13)15(20)11-17(3)14-5-6-14/h12-14H,5-11H2,1-4H3. The highest BCUT2D eigenvalue weighted by Gasteiger charge is 2.32. The molecule has 1 aliphatic carbocycles. The van der Waals surface area contributed by atoms with Gasteiger partial charge in [0.2, 0.25) is 11.8 Å². The molecule has 0 aromatic rings. The van der Waals surface area contributed by atoms with E-state index in [4.69, 9.17) is 0 Å². The van der Waals surface area contributed by atoms with Crippen molar-refractivity contribution >= 4 is 11.8 Å². The van der Waals surface area contributed by atoms with Crippen LogP contribution in [0, 0.1) is 5.92 Å². The van der Waals surface area contributed by atoms with E-state index in [1.54, 1.807) is 0 Å². The molecule has 0 atom stereocenters. The molecule has 1 saturated heterocycles. The summed E-state index contributed by atoms with van der Waals surface area (Å²) >= 11 is 0. The maximum atomic E-state index is 12.3. The van der Waals surface area contributed by atoms with Gasteiger partial charge in [0.1, 0.15) is 0 Å². The molecule has 5 heteroatoms. The Balaban J connectivity index is 1.77. The second kappa shape index (κ2) is 6.77. The fraction of sp³-hybridized carbons (Fsp3) is 0.875. The quantitative estimate of drug-likeness (QED) is 0.765. The fourth-order valence-electron chi connectivity index (χ4n) is 2.88. The van der Waals surface area contributed by atoms with Crippen LogP contribution in [0.1, 0.15) is 39.5 Å². The number of likely N-dealkylation sites (tertiary alicyclic amines) is 1. The summed E-state index contributed by atoms with van der Waals surface area (Å²) in [6.07, 6.45) is 4.05. The lowest BCUT2D eigenvalue weighted by Crippen LogP contribution is -2.47. The van der Waals surface area contributed by atoms with Gasteiger partial charge in [0.25, 0.3) is 0 Å². The van der Waals surface area contributed by atoms with Gasteiger partial charge in [-0.3, -0.25) is 14.5 Å². The molecule has 1 saturated carbocycles. The summed E-state index contributed by atoms with van der Waals surface area (Å²) in [5.74, 6) is 0.530. The van der Waals surface area contributed by atoms with Crippen LogP contribution < -0.4 is 0 Å². The smallest absolute Gasteiger partial charge is 0.236 e. The van der Waals surface area contributed by atoms with Gasteiger partial charge in [0, 0.05) is 38.1 Å². The fourth-order valence-corrected chi connectivity index (χ4v) is 2.88. The number of likely N-dealkylation sites (N-methyl/N-ethyl adjacent to an activating group) is 1. The summed E-state index contributed by atoms with van der Waals surface area (Å²) in [5, 5.41) is 0. The van der Waals surface area contributed by atoms with Gasteiger partial charge in [-0.25, -0.2) is 0 Å². The zero-order chi connectivity index (χ0) is 15.6. The topological polar surface area (TPSA) is 43.9 Å². The molecule has 2 fully saturated rings. The summed E-state index contributed by atoms with van der Waals surface area (Å²) in [7, 11) is 3.90. The Hall–Kier alpha value is -1.10. The Labute approximate surface area is 128 Å². The zero-order valence-electron chi connectivity index (χ0n) is 13.8. The van der Waals surface area contributed by atoms with Gasteiger partial charge in [-0.2, -0.15) is 0 Å². The van der Waals surface area contributed by atoms with Gasteiger partial charge < -0.3 is 9.80 Å². The lowest BCUT2D eigenvalue weighted by Gasteiger charge is -2.35. The van der Waals surface area contributed by atoms with Gasteiger partial charge in [0.15, 0.2) is 0 Å². The van der Waals surface area contributed by atoms with Crippen LogP contribution >= 0.6 is 0 Å². The van der Waals surface area contributed by atoms with Crippen molar-refractivity contribution in [3.05, 3.63) is 0 Å². The molecular weight excluding hydrogens is 266 g/mol. The minimum Gasteiger partial charge on any atom is -0.343 e. The largest absolute Gasteiger partial charge is 0.343 e. The first kappa shape index (κ1) is 16.3. The molecule has 1 aliphatic heterocycles. The molecule has 21 heavy (non-hydrogen) atoms. The van der Waals surface area contributed by atoms with E-state index in [0.717, 1.165) is 25.9 Å². The Morgan fingerprint density at radius 3 is 2.14 bits per heavy atom. The maximum absolute atomic E-state index is 12.3. The molecule has 0 aromatic heterocycles. The van der Waals surface area contributed by atoms with Crippen LogP contribution in [0.4, 0.5) is 0 Å². The van der Waals surface area contributed by atoms with Crippen LogP contribution in [-0.4, -0.2) is 72.3 Å². The third kappa shape index (κ3) is 4.19. The SMILES string of the molecule is CC(C)N(C)C(=O)C1CCN(C(=O)CN(C)C2CC2)CC1. The molecular formula is C16H29N3O2. The normalized spacial score (nSPS) is 20.2. The van der Waals surface area contributed by atoms with Gasteiger partial charge in [-0.05, 0) is 46.6 Å². The number of carbonyl (C=O) groups excluding carboxylic acids is 2. The second-order valence-corrected chi connectivity index (χ2v) is 6.84. The van der Waals surface area contributed by atoms with Crippen LogP contribution in [-0.2, 0) is 9.59 Å². The predicted molar refractivity (Wildman–Crippen MR) is 82.9 cm³/mol. The summed E-state index contributed by atoms with van der Waals surface area (Å²) in [6, 6.07) is 0.858. The number of piperidine rings is 1. The lowest BCUT2D eigenvalue weighted by atomic mass is 9.95. The Bertz CT molecular complexity index is 385. The molecule has 120 valence electrons. The minimum absolute atomic E-state index is 0.0858. The van der Waals surface area contributed by atoms with Crippen molar-refractivity contribution < 1.29 is 9.59 Å². The van der Waals surface area contributed by atoms with Crippen molar-refractivity contribution in [2.75, 3.05) is 33.7 Å². The number of carbonyl (C=O) groups is 2. The predicted octanol–water partition coefficient (Wildman–Crippen LogP) is 1.19. The second-order valence-electron chi connectivity index (χ2n) is 6.84. The van der Waals surface area contributed by atoms with Crippen LogP contribution in [0.5, 0.6) is 0 Å². The Kier molecular flexibility index (Phi) is 5.25. The molecule has 2 amide bonds. The van der Waals surface area contributed by atoms with Crippen LogP contribution in [0.2, 0.25) is 0 Å². The number of rotatable bonds is 5. The van der Waals surface area contributed by atoms with Crippen LogP contribution in [0.3, 0.4) is 0 Å². The van der Waals surface area contributed by atoms with Crippen LogP contribution in [0.15, 0.2) is 0 Å². The van der Waals surface area contributed by atoms with Crippen molar-refractivity contribution in [3.63, 3.8) is 0 Å². The third-order valence-electron chi connectivity index (χ3n) is 4.87. The highest BCUT2D eigenvalue weighted by molar-refractivity contribution is 5.81.